The van der Waals surface area contributed by atoms with Crippen molar-refractivity contribution in [2.75, 3.05) is 0 Å². The highest BCUT2D eigenvalue weighted by atomic mass is 19.4. The highest BCUT2D eigenvalue weighted by Crippen LogP contribution is 2.48. The monoisotopic (exact) mass is 425 g/mol. The van der Waals surface area contributed by atoms with E-state index < -0.39 is 23.6 Å². The molecule has 3 aromatic rings. The molecule has 1 heterocycles. The largest absolute Gasteiger partial charge is 0.462 e. The van der Waals surface area contributed by atoms with Crippen LogP contribution in [-0.2, 0) is 4.79 Å². The van der Waals surface area contributed by atoms with Gasteiger partial charge < -0.3 is 15.2 Å². The number of hydrogen-bond acceptors (Lipinski definition) is 3. The van der Waals surface area contributed by atoms with E-state index in [9.17, 15) is 23.1 Å². The molecule has 31 heavy (non-hydrogen) atoms. The molecule has 3 aromatic carbocycles. The summed E-state index contributed by atoms with van der Waals surface area (Å²) in [6.45, 7) is 1.07. The van der Waals surface area contributed by atoms with Crippen molar-refractivity contribution >= 4 is 11.5 Å². The molecule has 0 spiro atoms. The number of alkyl halides is 3. The Morgan fingerprint density at radius 1 is 0.903 bits per heavy atom. The maximum Gasteiger partial charge on any atom is 0.462 e. The number of benzene rings is 3. The Morgan fingerprint density at radius 2 is 1.48 bits per heavy atom. The smallest absolute Gasteiger partial charge is 0.448 e. The number of nitrogens with one attached hydrogen (secondary N) is 1. The molecule has 158 valence electrons. The van der Waals surface area contributed by atoms with Crippen LogP contribution in [0, 0.1) is 0 Å². The van der Waals surface area contributed by atoms with Crippen LogP contribution in [0.1, 0.15) is 18.1 Å². The van der Waals surface area contributed by atoms with Crippen molar-refractivity contribution in [3.05, 3.63) is 95.7 Å². The first-order chi connectivity index (χ1) is 14.7. The summed E-state index contributed by atoms with van der Waals surface area (Å²) in [6, 6.07) is 22.3. The highest BCUT2D eigenvalue weighted by Gasteiger charge is 2.62. The lowest BCUT2D eigenvalue weighted by Gasteiger charge is -2.38. The number of rotatable bonds is 3. The zero-order chi connectivity index (χ0) is 22.2. The number of amides is 1. The Hall–Kier alpha value is -3.58. The number of fused-ring (bicyclic) bond motifs is 1. The van der Waals surface area contributed by atoms with E-state index in [1.54, 1.807) is 42.5 Å². The van der Waals surface area contributed by atoms with E-state index in [0.717, 1.165) is 18.1 Å². The minimum absolute atomic E-state index is 0.0367. The first kappa shape index (κ1) is 20.7. The van der Waals surface area contributed by atoms with Gasteiger partial charge in [0.25, 0.3) is 0 Å². The number of ether oxygens (including phenoxy) is 1. The number of carbonyl (C=O) groups is 1. The SMILES string of the molecule is CC(=O)NC1=C(c2ccccc2)c2cc(-c3ccccc3)ccc2OC1(O)C(F)(F)F. The maximum absolute atomic E-state index is 14.0. The molecule has 1 amide bonds. The third-order valence-corrected chi connectivity index (χ3v) is 4.95. The molecule has 0 saturated carbocycles. The third kappa shape index (κ3) is 3.68. The molecular formula is C24H18F3NO3. The molecule has 7 heteroatoms. The van der Waals surface area contributed by atoms with Crippen LogP contribution in [0.2, 0.25) is 0 Å². The molecular weight excluding hydrogens is 407 g/mol. The summed E-state index contributed by atoms with van der Waals surface area (Å²) >= 11 is 0. The third-order valence-electron chi connectivity index (χ3n) is 4.95. The molecule has 4 nitrogen and oxygen atoms in total. The zero-order valence-electron chi connectivity index (χ0n) is 16.4. The van der Waals surface area contributed by atoms with Crippen molar-refractivity contribution in [2.45, 2.75) is 18.9 Å². The topological polar surface area (TPSA) is 58.6 Å². The second kappa shape index (κ2) is 7.59. The summed E-state index contributed by atoms with van der Waals surface area (Å²) in [7, 11) is 0. The molecule has 1 aliphatic rings. The minimum atomic E-state index is -5.21. The van der Waals surface area contributed by atoms with Crippen LogP contribution >= 0.6 is 0 Å². The van der Waals surface area contributed by atoms with Crippen molar-refractivity contribution < 1.29 is 27.8 Å². The van der Waals surface area contributed by atoms with Crippen LogP contribution in [0.3, 0.4) is 0 Å². The van der Waals surface area contributed by atoms with Gasteiger partial charge in [-0.3, -0.25) is 4.79 Å². The zero-order valence-corrected chi connectivity index (χ0v) is 16.4. The van der Waals surface area contributed by atoms with Gasteiger partial charge in [0.05, 0.1) is 0 Å². The van der Waals surface area contributed by atoms with Gasteiger partial charge in [-0.1, -0.05) is 66.7 Å². The molecule has 0 bridgehead atoms. The molecule has 1 unspecified atom stereocenters. The normalized spacial score (nSPS) is 18.2. The van der Waals surface area contributed by atoms with Crippen molar-refractivity contribution in [3.63, 3.8) is 0 Å². The molecule has 4 rings (SSSR count). The lowest BCUT2D eigenvalue weighted by molar-refractivity contribution is -0.318. The lowest BCUT2D eigenvalue weighted by atomic mass is 9.87. The number of carbonyl (C=O) groups excluding carboxylic acids is 1. The summed E-state index contributed by atoms with van der Waals surface area (Å²) in [6.07, 6.45) is -5.21. The summed E-state index contributed by atoms with van der Waals surface area (Å²) in [5.74, 6) is -4.63. The van der Waals surface area contributed by atoms with Gasteiger partial charge in [-0.2, -0.15) is 13.2 Å². The number of hydrogen-bond donors (Lipinski definition) is 2. The van der Waals surface area contributed by atoms with Crippen LogP contribution < -0.4 is 10.1 Å². The highest BCUT2D eigenvalue weighted by molar-refractivity contribution is 5.91. The molecule has 2 N–H and O–H groups in total. The van der Waals surface area contributed by atoms with Crippen LogP contribution in [0.25, 0.3) is 16.7 Å². The van der Waals surface area contributed by atoms with E-state index in [0.29, 0.717) is 11.1 Å². The van der Waals surface area contributed by atoms with Gasteiger partial charge >= 0.3 is 12.0 Å². The van der Waals surface area contributed by atoms with Crippen molar-refractivity contribution in [2.24, 2.45) is 0 Å². The predicted octanol–water partition coefficient (Wildman–Crippen LogP) is 4.89. The van der Waals surface area contributed by atoms with Crippen LogP contribution in [-0.4, -0.2) is 23.0 Å². The van der Waals surface area contributed by atoms with E-state index in [4.69, 9.17) is 4.74 Å². The van der Waals surface area contributed by atoms with Crippen LogP contribution in [0.4, 0.5) is 13.2 Å². The number of halogens is 3. The van der Waals surface area contributed by atoms with Gasteiger partial charge in [0, 0.05) is 18.1 Å². The molecule has 0 fully saturated rings. The summed E-state index contributed by atoms with van der Waals surface area (Å²) in [5.41, 5.74) is 1.59. The minimum Gasteiger partial charge on any atom is -0.448 e. The Balaban J connectivity index is 2.04. The fourth-order valence-electron chi connectivity index (χ4n) is 3.57. The fourth-order valence-corrected chi connectivity index (χ4v) is 3.57. The van der Waals surface area contributed by atoms with Crippen LogP contribution in [0.5, 0.6) is 5.75 Å². The second-order valence-electron chi connectivity index (χ2n) is 7.12. The Morgan fingerprint density at radius 3 is 2.03 bits per heavy atom. The van der Waals surface area contributed by atoms with Gasteiger partial charge in [-0.15, -0.1) is 0 Å². The van der Waals surface area contributed by atoms with E-state index in [2.05, 4.69) is 5.32 Å². The first-order valence-electron chi connectivity index (χ1n) is 9.46. The molecule has 0 saturated heterocycles. The molecule has 1 atom stereocenters. The van der Waals surface area contributed by atoms with Crippen molar-refractivity contribution in [1.82, 2.24) is 5.32 Å². The maximum atomic E-state index is 14.0. The Labute approximate surface area is 176 Å². The predicted molar refractivity (Wildman–Crippen MR) is 110 cm³/mol. The summed E-state index contributed by atoms with van der Waals surface area (Å²) in [4.78, 5) is 11.8. The average molecular weight is 425 g/mol. The van der Waals surface area contributed by atoms with Crippen molar-refractivity contribution in [1.29, 1.82) is 0 Å². The van der Waals surface area contributed by atoms with Crippen molar-refractivity contribution in [3.8, 4) is 16.9 Å². The van der Waals surface area contributed by atoms with Gasteiger partial charge in [0.15, 0.2) is 0 Å². The first-order valence-corrected chi connectivity index (χ1v) is 9.46. The van der Waals surface area contributed by atoms with E-state index >= 15 is 0 Å². The van der Waals surface area contributed by atoms with Crippen LogP contribution in [0.15, 0.2) is 84.6 Å². The number of aliphatic hydroxyl groups is 1. The summed E-state index contributed by atoms with van der Waals surface area (Å²) < 4.78 is 47.1. The Kier molecular flexibility index (Phi) is 5.07. The fraction of sp³-hybridized carbons (Fsp3) is 0.125. The standard InChI is InChI=1S/C24H18F3NO3/c1-15(29)28-22-21(17-10-6-3-7-11-17)19-14-18(16-8-4-2-5-9-16)12-13-20(19)31-23(22,30)24(25,26)27/h2-14,30H,1H3,(H,28,29). The van der Waals surface area contributed by atoms with E-state index in [1.165, 1.54) is 6.07 Å². The van der Waals surface area contributed by atoms with Gasteiger partial charge in [-0.25, -0.2) is 0 Å². The van der Waals surface area contributed by atoms with Gasteiger partial charge in [0.1, 0.15) is 11.4 Å². The van der Waals surface area contributed by atoms with E-state index in [-0.39, 0.29) is 11.3 Å². The van der Waals surface area contributed by atoms with E-state index in [1.807, 2.05) is 30.3 Å². The lowest BCUT2D eigenvalue weighted by Crippen LogP contribution is -2.57. The molecule has 0 radical (unpaired) electrons. The molecule has 0 aliphatic carbocycles. The molecule has 1 aliphatic heterocycles. The second-order valence-corrected chi connectivity index (χ2v) is 7.12. The van der Waals surface area contributed by atoms with Gasteiger partial charge in [0.2, 0.25) is 5.91 Å². The summed E-state index contributed by atoms with van der Waals surface area (Å²) in [5, 5.41) is 12.8. The average Bonchev–Trinajstić information content (AvgIpc) is 2.74. The quantitative estimate of drug-likeness (QED) is 0.628. The molecule has 0 aromatic heterocycles. The van der Waals surface area contributed by atoms with Gasteiger partial charge in [-0.05, 0) is 28.8 Å². The Bertz CT molecular complexity index is 1160.